The highest BCUT2D eigenvalue weighted by Gasteiger charge is 2.21. The molecule has 6 nitrogen and oxygen atoms in total. The first-order chi connectivity index (χ1) is 9.61. The summed E-state index contributed by atoms with van der Waals surface area (Å²) in [5.74, 6) is 0.547. The van der Waals surface area contributed by atoms with E-state index in [1.165, 1.54) is 30.0 Å². The van der Waals surface area contributed by atoms with Gasteiger partial charge >= 0.3 is 5.69 Å². The lowest BCUT2D eigenvalue weighted by molar-refractivity contribution is -0.00874. The van der Waals surface area contributed by atoms with Gasteiger partial charge in [0, 0.05) is 6.20 Å². The van der Waals surface area contributed by atoms with Gasteiger partial charge in [0.25, 0.3) is 5.56 Å². The van der Waals surface area contributed by atoms with E-state index >= 15 is 0 Å². The van der Waals surface area contributed by atoms with Gasteiger partial charge in [-0.2, -0.15) is 5.26 Å². The maximum absolute atomic E-state index is 11.6. The first-order valence-corrected chi connectivity index (χ1v) is 6.97. The van der Waals surface area contributed by atoms with Crippen molar-refractivity contribution in [1.29, 1.82) is 5.26 Å². The van der Waals surface area contributed by atoms with Crippen LogP contribution < -0.4 is 11.2 Å². The van der Waals surface area contributed by atoms with E-state index in [1.807, 2.05) is 0 Å². The van der Waals surface area contributed by atoms with Crippen molar-refractivity contribution >= 4 is 0 Å². The molecule has 2 atom stereocenters. The fourth-order valence-corrected chi connectivity index (χ4v) is 2.59. The molecule has 0 saturated heterocycles. The van der Waals surface area contributed by atoms with Crippen LogP contribution in [0.3, 0.4) is 0 Å². The molecule has 1 aromatic heterocycles. The number of H-pyrrole nitrogens is 1. The minimum Gasteiger partial charge on any atom is -0.376 e. The van der Waals surface area contributed by atoms with E-state index in [-0.39, 0.29) is 11.7 Å². The van der Waals surface area contributed by atoms with Gasteiger partial charge in [-0.1, -0.05) is 19.8 Å². The Morgan fingerprint density at radius 1 is 1.45 bits per heavy atom. The Kier molecular flexibility index (Phi) is 4.74. The van der Waals surface area contributed by atoms with Crippen LogP contribution in [0.1, 0.15) is 38.2 Å². The molecule has 0 bridgehead atoms. The third kappa shape index (κ3) is 3.36. The quantitative estimate of drug-likeness (QED) is 0.889. The number of hydrogen-bond acceptors (Lipinski definition) is 4. The second kappa shape index (κ2) is 6.53. The Hall–Kier alpha value is -1.87. The van der Waals surface area contributed by atoms with Gasteiger partial charge in [0.05, 0.1) is 19.3 Å². The molecule has 1 fully saturated rings. The van der Waals surface area contributed by atoms with Gasteiger partial charge in [0.15, 0.2) is 0 Å². The number of hydrogen-bond donors (Lipinski definition) is 1. The van der Waals surface area contributed by atoms with Crippen molar-refractivity contribution < 1.29 is 4.74 Å². The zero-order valence-corrected chi connectivity index (χ0v) is 11.6. The molecular weight excluding hydrogens is 258 g/mol. The van der Waals surface area contributed by atoms with Gasteiger partial charge in [-0.05, 0) is 18.8 Å². The molecule has 6 heteroatoms. The van der Waals surface area contributed by atoms with Gasteiger partial charge in [0.1, 0.15) is 11.6 Å². The third-order valence-corrected chi connectivity index (χ3v) is 3.83. The van der Waals surface area contributed by atoms with E-state index in [1.54, 1.807) is 6.07 Å². The summed E-state index contributed by atoms with van der Waals surface area (Å²) in [6, 6.07) is 1.77. The molecule has 2 rings (SSSR count). The van der Waals surface area contributed by atoms with Gasteiger partial charge in [-0.25, -0.2) is 4.79 Å². The Morgan fingerprint density at radius 2 is 2.20 bits per heavy atom. The van der Waals surface area contributed by atoms with E-state index < -0.39 is 11.2 Å². The van der Waals surface area contributed by atoms with Crippen molar-refractivity contribution in [2.24, 2.45) is 5.92 Å². The summed E-state index contributed by atoms with van der Waals surface area (Å²) in [6.45, 7) is 2.93. The fourth-order valence-electron chi connectivity index (χ4n) is 2.59. The Balaban J connectivity index is 1.96. The van der Waals surface area contributed by atoms with E-state index in [9.17, 15) is 9.59 Å². The Labute approximate surface area is 117 Å². The monoisotopic (exact) mass is 277 g/mol. The first-order valence-electron chi connectivity index (χ1n) is 6.97. The van der Waals surface area contributed by atoms with Gasteiger partial charge < -0.3 is 4.74 Å². The van der Waals surface area contributed by atoms with E-state index in [0.717, 1.165) is 6.42 Å². The van der Waals surface area contributed by atoms with Crippen LogP contribution in [0.4, 0.5) is 0 Å². The Bertz CT molecular complexity index is 611. The average Bonchev–Trinajstić information content (AvgIpc) is 2.43. The van der Waals surface area contributed by atoms with Crippen LogP contribution in [-0.2, 0) is 11.3 Å². The first kappa shape index (κ1) is 14.5. The van der Waals surface area contributed by atoms with Crippen molar-refractivity contribution in [2.75, 3.05) is 6.61 Å². The molecule has 1 aliphatic rings. The van der Waals surface area contributed by atoms with Crippen molar-refractivity contribution in [3.8, 4) is 6.07 Å². The van der Waals surface area contributed by atoms with Gasteiger partial charge in [0.2, 0.25) is 0 Å². The van der Waals surface area contributed by atoms with Crippen LogP contribution >= 0.6 is 0 Å². The largest absolute Gasteiger partial charge is 0.376 e. The lowest BCUT2D eigenvalue weighted by Crippen LogP contribution is -2.33. The van der Waals surface area contributed by atoms with E-state index in [0.29, 0.717) is 19.1 Å². The molecule has 1 aromatic rings. The highest BCUT2D eigenvalue weighted by molar-refractivity contribution is 5.21. The molecule has 0 unspecified atom stereocenters. The number of ether oxygens (including phenoxy) is 1. The predicted octanol–water partition coefficient (Wildman–Crippen LogP) is 1.00. The number of aromatic nitrogens is 2. The SMILES string of the molecule is C[C@@H]1CCCC[C@@H]1OCCn1cc(C#N)c(=O)[nH]c1=O. The zero-order chi connectivity index (χ0) is 14.5. The maximum Gasteiger partial charge on any atom is 0.328 e. The molecule has 0 aromatic carbocycles. The van der Waals surface area contributed by atoms with Gasteiger partial charge in [-0.15, -0.1) is 0 Å². The van der Waals surface area contributed by atoms with Crippen LogP contribution in [0, 0.1) is 17.2 Å². The number of nitrogens with zero attached hydrogens (tertiary/aromatic N) is 2. The lowest BCUT2D eigenvalue weighted by atomic mass is 9.88. The minimum absolute atomic E-state index is 0.0596. The second-order valence-electron chi connectivity index (χ2n) is 5.28. The molecule has 1 heterocycles. The van der Waals surface area contributed by atoms with Crippen LogP contribution in [0.15, 0.2) is 15.8 Å². The van der Waals surface area contributed by atoms with Crippen LogP contribution in [-0.4, -0.2) is 22.3 Å². The summed E-state index contributed by atoms with van der Waals surface area (Å²) < 4.78 is 7.14. The molecule has 1 N–H and O–H groups in total. The summed E-state index contributed by atoms with van der Waals surface area (Å²) >= 11 is 0. The number of aromatic amines is 1. The highest BCUT2D eigenvalue weighted by Crippen LogP contribution is 2.26. The van der Waals surface area contributed by atoms with Crippen LogP contribution in [0.5, 0.6) is 0 Å². The zero-order valence-electron chi connectivity index (χ0n) is 11.6. The smallest absolute Gasteiger partial charge is 0.328 e. The maximum atomic E-state index is 11.6. The average molecular weight is 277 g/mol. The molecule has 0 radical (unpaired) electrons. The summed E-state index contributed by atoms with van der Waals surface area (Å²) in [6.07, 6.45) is 6.22. The summed E-state index contributed by atoms with van der Waals surface area (Å²) in [5.41, 5.74) is -1.21. The molecule has 1 aliphatic carbocycles. The van der Waals surface area contributed by atoms with E-state index in [2.05, 4.69) is 11.9 Å². The standard InChI is InChI=1S/C14H19N3O3/c1-10-4-2-3-5-12(10)20-7-6-17-9-11(8-15)13(18)16-14(17)19/h9-10,12H,2-7H2,1H3,(H,16,18,19)/t10-,12+/m1/s1. The Morgan fingerprint density at radius 3 is 2.90 bits per heavy atom. The molecule has 108 valence electrons. The molecule has 0 aliphatic heterocycles. The predicted molar refractivity (Wildman–Crippen MR) is 73.4 cm³/mol. The summed E-state index contributed by atoms with van der Waals surface area (Å²) in [7, 11) is 0. The number of nitriles is 1. The van der Waals surface area contributed by atoms with Crippen molar-refractivity contribution in [2.45, 2.75) is 45.3 Å². The van der Waals surface area contributed by atoms with Gasteiger partial charge in [-0.3, -0.25) is 14.3 Å². The van der Waals surface area contributed by atoms with E-state index in [4.69, 9.17) is 10.00 Å². The highest BCUT2D eigenvalue weighted by atomic mass is 16.5. The van der Waals surface area contributed by atoms with Crippen molar-refractivity contribution in [1.82, 2.24) is 9.55 Å². The van der Waals surface area contributed by atoms with Crippen molar-refractivity contribution in [3.63, 3.8) is 0 Å². The lowest BCUT2D eigenvalue weighted by Gasteiger charge is -2.28. The molecule has 1 saturated carbocycles. The number of nitrogens with one attached hydrogen (secondary N) is 1. The minimum atomic E-state index is -0.643. The molecule has 20 heavy (non-hydrogen) atoms. The van der Waals surface area contributed by atoms with Crippen LogP contribution in [0.2, 0.25) is 0 Å². The fraction of sp³-hybridized carbons (Fsp3) is 0.643. The summed E-state index contributed by atoms with van der Waals surface area (Å²) in [4.78, 5) is 25.0. The molecule has 0 spiro atoms. The second-order valence-corrected chi connectivity index (χ2v) is 5.28. The normalized spacial score (nSPS) is 22.4. The number of rotatable bonds is 4. The topological polar surface area (TPSA) is 87.9 Å². The molecule has 0 amide bonds. The van der Waals surface area contributed by atoms with Crippen LogP contribution in [0.25, 0.3) is 0 Å². The molecular formula is C14H19N3O3. The van der Waals surface area contributed by atoms with Crippen molar-refractivity contribution in [3.05, 3.63) is 32.6 Å². The third-order valence-electron chi connectivity index (χ3n) is 3.83. The summed E-state index contributed by atoms with van der Waals surface area (Å²) in [5, 5.41) is 8.78.